The van der Waals surface area contributed by atoms with Gasteiger partial charge in [0.15, 0.2) is 0 Å². The number of hydrogen-bond acceptors (Lipinski definition) is 13. The van der Waals surface area contributed by atoms with E-state index in [1.54, 1.807) is 0 Å². The van der Waals surface area contributed by atoms with Crippen molar-refractivity contribution in [3.8, 4) is 5.75 Å². The summed E-state index contributed by atoms with van der Waals surface area (Å²) < 4.78 is 65.6. The normalized spacial score (nSPS) is 12.9. The minimum absolute atomic E-state index is 0.0259. The highest BCUT2D eigenvalue weighted by Gasteiger charge is 2.09. The summed E-state index contributed by atoms with van der Waals surface area (Å²) >= 11 is 0. The molecular weight excluding hydrogens is 616 g/mol. The first-order valence-corrected chi connectivity index (χ1v) is 17.1. The fraction of sp³-hybridized carbons (Fsp3) is 0.824. The predicted octanol–water partition coefficient (Wildman–Crippen LogP) is 2.12. The van der Waals surface area contributed by atoms with Crippen LogP contribution in [0.3, 0.4) is 0 Å². The first-order valence-electron chi connectivity index (χ1n) is 17.1. The number of aryl methyl sites for hydroxylation is 2. The Morgan fingerprint density at radius 1 is 0.362 bits per heavy atom. The number of aliphatic hydroxyl groups is 1. The molecule has 0 amide bonds. The molecule has 0 unspecified atom stereocenters. The second kappa shape index (κ2) is 33.1. The van der Waals surface area contributed by atoms with E-state index in [-0.39, 0.29) is 6.61 Å². The molecule has 1 aliphatic rings. The van der Waals surface area contributed by atoms with Gasteiger partial charge in [0.25, 0.3) is 0 Å². The highest BCUT2D eigenvalue weighted by Crippen LogP contribution is 2.25. The Kier molecular flexibility index (Phi) is 29.3. The molecule has 0 fully saturated rings. The third kappa shape index (κ3) is 26.1. The summed E-state index contributed by atoms with van der Waals surface area (Å²) in [5.74, 6) is 0.929. The van der Waals surface area contributed by atoms with Gasteiger partial charge in [-0.3, -0.25) is 0 Å². The number of fused-ring (bicyclic) bond motifs is 1. The Morgan fingerprint density at radius 2 is 0.660 bits per heavy atom. The molecule has 274 valence electrons. The maximum absolute atomic E-state index is 8.58. The first kappa shape index (κ1) is 41.7. The minimum Gasteiger partial charge on any atom is -0.491 e. The number of ether oxygens (including phenoxy) is 12. The second-order valence-electron chi connectivity index (χ2n) is 10.4. The molecule has 0 spiro atoms. The molecule has 0 saturated heterocycles. The standard InChI is InChI=1S/C34H60O13/c35-7-8-36-9-10-37-11-12-38-13-14-39-15-16-40-17-18-41-19-20-42-21-22-43-23-24-44-25-26-45-27-28-46-29-30-47-34-6-5-32-3-1-2-4-33(32)31-34/h5-6,31,35H,1-4,7-30H2. The smallest absolute Gasteiger partial charge is 0.119 e. The van der Waals surface area contributed by atoms with Crippen LogP contribution in [0.5, 0.6) is 5.75 Å². The van der Waals surface area contributed by atoms with Crippen LogP contribution in [0.2, 0.25) is 0 Å². The zero-order valence-electron chi connectivity index (χ0n) is 28.4. The van der Waals surface area contributed by atoms with Gasteiger partial charge in [-0.2, -0.15) is 0 Å². The predicted molar refractivity (Wildman–Crippen MR) is 175 cm³/mol. The highest BCUT2D eigenvalue weighted by atomic mass is 16.6. The Hall–Kier alpha value is -1.46. The van der Waals surface area contributed by atoms with Crippen molar-refractivity contribution in [3.63, 3.8) is 0 Å². The van der Waals surface area contributed by atoms with Crippen LogP contribution in [0.4, 0.5) is 0 Å². The van der Waals surface area contributed by atoms with Gasteiger partial charge in [-0.15, -0.1) is 0 Å². The van der Waals surface area contributed by atoms with Crippen molar-refractivity contribution in [1.82, 2.24) is 0 Å². The fourth-order valence-electron chi connectivity index (χ4n) is 4.38. The van der Waals surface area contributed by atoms with E-state index < -0.39 is 0 Å². The zero-order chi connectivity index (χ0) is 33.1. The summed E-state index contributed by atoms with van der Waals surface area (Å²) in [7, 11) is 0. The van der Waals surface area contributed by atoms with Crippen molar-refractivity contribution in [2.75, 3.05) is 159 Å². The zero-order valence-corrected chi connectivity index (χ0v) is 28.4. The Labute approximate surface area is 281 Å². The van der Waals surface area contributed by atoms with E-state index in [4.69, 9.17) is 61.9 Å². The van der Waals surface area contributed by atoms with Gasteiger partial charge in [-0.25, -0.2) is 0 Å². The van der Waals surface area contributed by atoms with E-state index in [9.17, 15) is 0 Å². The van der Waals surface area contributed by atoms with Gasteiger partial charge in [0.1, 0.15) is 12.4 Å². The fourth-order valence-corrected chi connectivity index (χ4v) is 4.38. The molecule has 1 aromatic rings. The topological polar surface area (TPSA) is 131 Å². The highest BCUT2D eigenvalue weighted by molar-refractivity contribution is 5.37. The third-order valence-electron chi connectivity index (χ3n) is 6.77. The van der Waals surface area contributed by atoms with Gasteiger partial charge in [-0.05, 0) is 48.9 Å². The molecule has 1 aromatic carbocycles. The van der Waals surface area contributed by atoms with Crippen molar-refractivity contribution in [3.05, 3.63) is 29.3 Å². The van der Waals surface area contributed by atoms with Crippen molar-refractivity contribution in [1.29, 1.82) is 0 Å². The van der Waals surface area contributed by atoms with Crippen molar-refractivity contribution >= 4 is 0 Å². The summed E-state index contributed by atoms with van der Waals surface area (Å²) in [6, 6.07) is 6.43. The summed E-state index contributed by atoms with van der Waals surface area (Å²) in [6.07, 6.45) is 4.90. The molecule has 0 aliphatic heterocycles. The van der Waals surface area contributed by atoms with Gasteiger partial charge in [0.05, 0.1) is 152 Å². The van der Waals surface area contributed by atoms with Crippen LogP contribution < -0.4 is 4.74 Å². The Balaban J connectivity index is 1.16. The summed E-state index contributed by atoms with van der Waals surface area (Å²) in [6.45, 7) is 11.6. The molecule has 0 radical (unpaired) electrons. The lowest BCUT2D eigenvalue weighted by molar-refractivity contribution is -0.0280. The quantitative estimate of drug-likeness (QED) is 0.104. The van der Waals surface area contributed by atoms with Crippen molar-refractivity contribution in [2.45, 2.75) is 25.7 Å². The van der Waals surface area contributed by atoms with Crippen molar-refractivity contribution < 1.29 is 61.9 Å². The van der Waals surface area contributed by atoms with Crippen LogP contribution >= 0.6 is 0 Å². The van der Waals surface area contributed by atoms with Crippen LogP contribution in [0, 0.1) is 0 Å². The SMILES string of the molecule is OCCOCCOCCOCCOCCOCCOCCOCCOCCOCCOCCOCCOc1ccc2c(c1)CCCC2. The molecule has 1 N–H and O–H groups in total. The van der Waals surface area contributed by atoms with Gasteiger partial charge >= 0.3 is 0 Å². The molecule has 0 saturated carbocycles. The lowest BCUT2D eigenvalue weighted by Gasteiger charge is -2.16. The maximum Gasteiger partial charge on any atom is 0.119 e. The van der Waals surface area contributed by atoms with Crippen LogP contribution in [0.15, 0.2) is 18.2 Å². The number of hydrogen-bond donors (Lipinski definition) is 1. The van der Waals surface area contributed by atoms with E-state index in [0.29, 0.717) is 152 Å². The molecule has 13 heteroatoms. The number of benzene rings is 1. The van der Waals surface area contributed by atoms with Crippen LogP contribution in [-0.2, 0) is 64.9 Å². The Morgan fingerprint density at radius 3 is 1.00 bits per heavy atom. The summed E-state index contributed by atoms with van der Waals surface area (Å²) in [5.41, 5.74) is 2.89. The van der Waals surface area contributed by atoms with Gasteiger partial charge in [0, 0.05) is 0 Å². The Bertz CT molecular complexity index is 801. The molecule has 0 heterocycles. The minimum atomic E-state index is 0.0259. The van der Waals surface area contributed by atoms with E-state index in [1.165, 1.54) is 30.4 Å². The summed E-state index contributed by atoms with van der Waals surface area (Å²) in [4.78, 5) is 0. The van der Waals surface area contributed by atoms with Crippen molar-refractivity contribution in [2.24, 2.45) is 0 Å². The molecule has 47 heavy (non-hydrogen) atoms. The molecular formula is C34H60O13. The molecule has 13 nitrogen and oxygen atoms in total. The average molecular weight is 677 g/mol. The van der Waals surface area contributed by atoms with E-state index in [0.717, 1.165) is 12.2 Å². The van der Waals surface area contributed by atoms with Crippen LogP contribution in [-0.4, -0.2) is 164 Å². The molecule has 0 atom stereocenters. The maximum atomic E-state index is 8.58. The molecule has 1 aliphatic carbocycles. The summed E-state index contributed by atoms with van der Waals surface area (Å²) in [5, 5.41) is 8.58. The van der Waals surface area contributed by atoms with Crippen LogP contribution in [0.1, 0.15) is 24.0 Å². The molecule has 0 aromatic heterocycles. The average Bonchev–Trinajstić information content (AvgIpc) is 3.10. The van der Waals surface area contributed by atoms with E-state index in [1.807, 2.05) is 0 Å². The van der Waals surface area contributed by atoms with Gasteiger partial charge < -0.3 is 61.9 Å². The lowest BCUT2D eigenvalue weighted by Crippen LogP contribution is -2.15. The number of rotatable bonds is 36. The number of aliphatic hydroxyl groups excluding tert-OH is 1. The van der Waals surface area contributed by atoms with Crippen LogP contribution in [0.25, 0.3) is 0 Å². The third-order valence-corrected chi connectivity index (χ3v) is 6.77. The monoisotopic (exact) mass is 676 g/mol. The van der Waals surface area contributed by atoms with E-state index in [2.05, 4.69) is 18.2 Å². The first-order chi connectivity index (χ1) is 23.4. The molecule has 0 bridgehead atoms. The van der Waals surface area contributed by atoms with E-state index >= 15 is 0 Å². The second-order valence-corrected chi connectivity index (χ2v) is 10.4. The molecule has 2 rings (SSSR count). The largest absolute Gasteiger partial charge is 0.491 e. The van der Waals surface area contributed by atoms with Gasteiger partial charge in [0.2, 0.25) is 0 Å². The van der Waals surface area contributed by atoms with Gasteiger partial charge in [-0.1, -0.05) is 6.07 Å². The lowest BCUT2D eigenvalue weighted by atomic mass is 9.92.